The summed E-state index contributed by atoms with van der Waals surface area (Å²) in [5.74, 6) is -0.201. The molecule has 2 rings (SSSR count). The van der Waals surface area contributed by atoms with Crippen molar-refractivity contribution in [2.45, 2.75) is 13.0 Å². The molecule has 0 bridgehead atoms. The summed E-state index contributed by atoms with van der Waals surface area (Å²) in [7, 11) is 0. The summed E-state index contributed by atoms with van der Waals surface area (Å²) in [6.45, 7) is 6.56. The molecule has 1 fully saturated rings. The zero-order chi connectivity index (χ0) is 13.5. The Balaban J connectivity index is 1.59. The van der Waals surface area contributed by atoms with E-state index in [0.29, 0.717) is 11.0 Å². The van der Waals surface area contributed by atoms with Crippen LogP contribution in [0.25, 0.3) is 0 Å². The highest BCUT2D eigenvalue weighted by Crippen LogP contribution is 2.16. The third kappa shape index (κ3) is 5.18. The molecule has 0 amide bonds. The Bertz CT molecular complexity index is 397. The molecule has 0 spiro atoms. The Kier molecular flexibility index (Phi) is 6.23. The minimum Gasteiger partial charge on any atom is -0.379 e. The van der Waals surface area contributed by atoms with Crippen LogP contribution in [0.1, 0.15) is 12.0 Å². The molecule has 1 saturated heterocycles. The Hall–Kier alpha value is -0.490. The first-order chi connectivity index (χ1) is 9.25. The van der Waals surface area contributed by atoms with E-state index in [9.17, 15) is 4.39 Å². The lowest BCUT2D eigenvalue weighted by atomic mass is 10.2. The Labute approximate surface area is 122 Å². The van der Waals surface area contributed by atoms with Gasteiger partial charge in [-0.05, 0) is 53.1 Å². The predicted octanol–water partition coefficient (Wildman–Crippen LogP) is 2.40. The van der Waals surface area contributed by atoms with Gasteiger partial charge in [-0.1, -0.05) is 6.07 Å². The predicted molar refractivity (Wildman–Crippen MR) is 77.7 cm³/mol. The van der Waals surface area contributed by atoms with Gasteiger partial charge in [-0.3, -0.25) is 4.90 Å². The van der Waals surface area contributed by atoms with E-state index in [2.05, 4.69) is 26.1 Å². The molecular formula is C14H20BrFN2O. The molecule has 1 heterocycles. The van der Waals surface area contributed by atoms with Crippen LogP contribution >= 0.6 is 15.9 Å². The monoisotopic (exact) mass is 330 g/mol. The van der Waals surface area contributed by atoms with Crippen LogP contribution in [0.4, 0.5) is 4.39 Å². The quantitative estimate of drug-likeness (QED) is 0.810. The molecule has 0 aliphatic carbocycles. The summed E-state index contributed by atoms with van der Waals surface area (Å²) in [6.07, 6.45) is 1.11. The second kappa shape index (κ2) is 7.94. The van der Waals surface area contributed by atoms with Crippen molar-refractivity contribution in [3.63, 3.8) is 0 Å². The molecule has 5 heteroatoms. The first-order valence-electron chi connectivity index (χ1n) is 6.70. The average molecular weight is 331 g/mol. The number of ether oxygens (including phenoxy) is 1. The van der Waals surface area contributed by atoms with Gasteiger partial charge in [0.1, 0.15) is 5.82 Å². The van der Waals surface area contributed by atoms with Gasteiger partial charge in [-0.2, -0.15) is 0 Å². The molecule has 1 aliphatic rings. The minimum atomic E-state index is -0.201. The van der Waals surface area contributed by atoms with E-state index in [1.54, 1.807) is 12.1 Å². The van der Waals surface area contributed by atoms with Crippen LogP contribution < -0.4 is 5.32 Å². The summed E-state index contributed by atoms with van der Waals surface area (Å²) in [5.41, 5.74) is 0.979. The number of morpholine rings is 1. The van der Waals surface area contributed by atoms with Crippen molar-refractivity contribution in [3.05, 3.63) is 34.1 Å². The highest BCUT2D eigenvalue weighted by atomic mass is 79.9. The largest absolute Gasteiger partial charge is 0.379 e. The number of nitrogens with one attached hydrogen (secondary N) is 1. The lowest BCUT2D eigenvalue weighted by molar-refractivity contribution is 0.0374. The van der Waals surface area contributed by atoms with E-state index in [4.69, 9.17) is 4.74 Å². The second-order valence-electron chi connectivity index (χ2n) is 4.73. The first kappa shape index (κ1) is 14.9. The summed E-state index contributed by atoms with van der Waals surface area (Å²) in [4.78, 5) is 2.42. The molecule has 1 aromatic rings. The maximum Gasteiger partial charge on any atom is 0.137 e. The lowest BCUT2D eigenvalue weighted by Crippen LogP contribution is -2.37. The number of hydrogen-bond acceptors (Lipinski definition) is 3. The van der Waals surface area contributed by atoms with Crippen molar-refractivity contribution in [1.82, 2.24) is 10.2 Å². The highest BCUT2D eigenvalue weighted by molar-refractivity contribution is 9.10. The third-order valence-corrected chi connectivity index (χ3v) is 3.89. The topological polar surface area (TPSA) is 24.5 Å². The maximum absolute atomic E-state index is 13.3. The van der Waals surface area contributed by atoms with Crippen molar-refractivity contribution >= 4 is 15.9 Å². The average Bonchev–Trinajstić information content (AvgIpc) is 2.43. The summed E-state index contributed by atoms with van der Waals surface area (Å²) < 4.78 is 19.1. The number of hydrogen-bond donors (Lipinski definition) is 1. The van der Waals surface area contributed by atoms with Crippen LogP contribution in [0, 0.1) is 5.82 Å². The number of benzene rings is 1. The van der Waals surface area contributed by atoms with Crippen molar-refractivity contribution in [2.75, 3.05) is 39.4 Å². The Morgan fingerprint density at radius 3 is 2.84 bits per heavy atom. The fourth-order valence-electron chi connectivity index (χ4n) is 2.13. The Morgan fingerprint density at radius 2 is 2.11 bits per heavy atom. The van der Waals surface area contributed by atoms with Crippen molar-refractivity contribution in [3.8, 4) is 0 Å². The third-order valence-electron chi connectivity index (χ3n) is 3.24. The molecule has 0 saturated carbocycles. The van der Waals surface area contributed by atoms with Gasteiger partial charge in [0.15, 0.2) is 0 Å². The van der Waals surface area contributed by atoms with Gasteiger partial charge in [0.2, 0.25) is 0 Å². The van der Waals surface area contributed by atoms with Gasteiger partial charge in [0, 0.05) is 19.6 Å². The van der Waals surface area contributed by atoms with Crippen LogP contribution in [-0.4, -0.2) is 44.3 Å². The van der Waals surface area contributed by atoms with Gasteiger partial charge >= 0.3 is 0 Å². The summed E-state index contributed by atoms with van der Waals surface area (Å²) in [5, 5.41) is 3.35. The van der Waals surface area contributed by atoms with Gasteiger partial charge < -0.3 is 10.1 Å². The number of nitrogens with zero attached hydrogens (tertiary/aromatic N) is 1. The number of halogens is 2. The molecule has 0 unspecified atom stereocenters. The summed E-state index contributed by atoms with van der Waals surface area (Å²) in [6, 6.07) is 5.25. The standard InChI is InChI=1S/C14H20BrFN2O/c15-13-3-2-12(10-14(13)16)11-17-4-1-5-18-6-8-19-9-7-18/h2-3,10,17H,1,4-9,11H2. The fourth-order valence-corrected chi connectivity index (χ4v) is 2.38. The molecule has 0 aromatic heterocycles. The van der Waals surface area contributed by atoms with Crippen molar-refractivity contribution in [1.29, 1.82) is 0 Å². The molecular weight excluding hydrogens is 311 g/mol. The Morgan fingerprint density at radius 1 is 1.32 bits per heavy atom. The van der Waals surface area contributed by atoms with Crippen LogP contribution in [0.3, 0.4) is 0 Å². The molecule has 106 valence electrons. The molecule has 1 aliphatic heterocycles. The summed E-state index contributed by atoms with van der Waals surface area (Å²) >= 11 is 3.16. The van der Waals surface area contributed by atoms with Gasteiger partial charge in [0.05, 0.1) is 17.7 Å². The van der Waals surface area contributed by atoms with Crippen LogP contribution in [0.2, 0.25) is 0 Å². The van der Waals surface area contributed by atoms with E-state index in [-0.39, 0.29) is 5.82 Å². The van der Waals surface area contributed by atoms with Crippen LogP contribution in [0.15, 0.2) is 22.7 Å². The molecule has 19 heavy (non-hydrogen) atoms. The van der Waals surface area contributed by atoms with E-state index in [0.717, 1.165) is 51.4 Å². The van der Waals surface area contributed by atoms with Crippen molar-refractivity contribution in [2.24, 2.45) is 0 Å². The normalized spacial score (nSPS) is 16.7. The van der Waals surface area contributed by atoms with Gasteiger partial charge in [0.25, 0.3) is 0 Å². The molecule has 0 radical (unpaired) electrons. The molecule has 0 atom stereocenters. The van der Waals surface area contributed by atoms with Crippen LogP contribution in [0.5, 0.6) is 0 Å². The molecule has 1 N–H and O–H groups in total. The van der Waals surface area contributed by atoms with Gasteiger partial charge in [-0.15, -0.1) is 0 Å². The molecule has 1 aromatic carbocycles. The molecule has 3 nitrogen and oxygen atoms in total. The van der Waals surface area contributed by atoms with E-state index in [1.807, 2.05) is 6.07 Å². The van der Waals surface area contributed by atoms with E-state index >= 15 is 0 Å². The second-order valence-corrected chi connectivity index (χ2v) is 5.59. The smallest absolute Gasteiger partial charge is 0.137 e. The van der Waals surface area contributed by atoms with E-state index in [1.165, 1.54) is 0 Å². The maximum atomic E-state index is 13.3. The first-order valence-corrected chi connectivity index (χ1v) is 7.50. The van der Waals surface area contributed by atoms with Crippen molar-refractivity contribution < 1.29 is 9.13 Å². The zero-order valence-electron chi connectivity index (χ0n) is 11.0. The fraction of sp³-hybridized carbons (Fsp3) is 0.571. The zero-order valence-corrected chi connectivity index (χ0v) is 12.6. The number of rotatable bonds is 6. The van der Waals surface area contributed by atoms with Crippen LogP contribution in [-0.2, 0) is 11.3 Å². The van der Waals surface area contributed by atoms with E-state index < -0.39 is 0 Å². The highest BCUT2D eigenvalue weighted by Gasteiger charge is 2.08. The lowest BCUT2D eigenvalue weighted by Gasteiger charge is -2.26. The minimum absolute atomic E-state index is 0.201. The van der Waals surface area contributed by atoms with Gasteiger partial charge in [-0.25, -0.2) is 4.39 Å². The SMILES string of the molecule is Fc1cc(CNCCCN2CCOCC2)ccc1Br.